The lowest BCUT2D eigenvalue weighted by Gasteiger charge is -2.16. The van der Waals surface area contributed by atoms with Crippen molar-refractivity contribution in [2.45, 2.75) is 6.42 Å². The monoisotopic (exact) mass is 262 g/mol. The number of methoxy groups -OCH3 is 2. The Bertz CT molecular complexity index is 492. The zero-order valence-electron chi connectivity index (χ0n) is 11.6. The van der Waals surface area contributed by atoms with Crippen LogP contribution in [-0.2, 0) is 11.2 Å². The van der Waals surface area contributed by atoms with Crippen molar-refractivity contribution in [3.63, 3.8) is 0 Å². The van der Waals surface area contributed by atoms with E-state index < -0.39 is 5.92 Å². The first kappa shape index (κ1) is 14.8. The first-order valence-corrected chi connectivity index (χ1v) is 5.85. The fourth-order valence-electron chi connectivity index (χ4n) is 1.76. The van der Waals surface area contributed by atoms with E-state index in [0.717, 1.165) is 5.56 Å². The highest BCUT2D eigenvalue weighted by Crippen LogP contribution is 2.26. The third-order valence-electron chi connectivity index (χ3n) is 2.81. The van der Waals surface area contributed by atoms with Crippen molar-refractivity contribution in [3.8, 4) is 17.6 Å². The predicted octanol–water partition coefficient (Wildman–Crippen LogP) is 1.47. The second kappa shape index (κ2) is 6.64. The first-order valence-electron chi connectivity index (χ1n) is 5.85. The van der Waals surface area contributed by atoms with Gasteiger partial charge in [-0.3, -0.25) is 4.79 Å². The van der Waals surface area contributed by atoms with Gasteiger partial charge in [-0.2, -0.15) is 5.26 Å². The van der Waals surface area contributed by atoms with Crippen LogP contribution >= 0.6 is 0 Å². The number of carbonyl (C=O) groups is 1. The maximum absolute atomic E-state index is 11.9. The third kappa shape index (κ3) is 3.62. The molecule has 0 aromatic heterocycles. The summed E-state index contributed by atoms with van der Waals surface area (Å²) in [6, 6.07) is 7.36. The Morgan fingerprint density at radius 3 is 2.53 bits per heavy atom. The van der Waals surface area contributed by atoms with E-state index in [1.54, 1.807) is 46.5 Å². The van der Waals surface area contributed by atoms with Crippen LogP contribution in [0.1, 0.15) is 5.56 Å². The van der Waals surface area contributed by atoms with E-state index in [9.17, 15) is 4.79 Å². The van der Waals surface area contributed by atoms with Crippen molar-refractivity contribution in [1.29, 1.82) is 5.26 Å². The topological polar surface area (TPSA) is 62.6 Å². The number of nitriles is 1. The summed E-state index contributed by atoms with van der Waals surface area (Å²) in [6.45, 7) is 0. The molecule has 19 heavy (non-hydrogen) atoms. The molecule has 5 nitrogen and oxygen atoms in total. The average molecular weight is 262 g/mol. The highest BCUT2D eigenvalue weighted by molar-refractivity contribution is 5.81. The van der Waals surface area contributed by atoms with E-state index >= 15 is 0 Å². The number of ether oxygens (including phenoxy) is 2. The molecule has 0 aliphatic rings. The van der Waals surface area contributed by atoms with Gasteiger partial charge in [0, 0.05) is 20.5 Å². The van der Waals surface area contributed by atoms with E-state index in [1.807, 2.05) is 6.07 Å². The number of hydrogen-bond donors (Lipinski definition) is 0. The molecular formula is C14H18N2O3. The largest absolute Gasteiger partial charge is 0.497 e. The molecule has 5 heteroatoms. The molecule has 1 rings (SSSR count). The maximum Gasteiger partial charge on any atom is 0.239 e. The zero-order chi connectivity index (χ0) is 14.4. The maximum atomic E-state index is 11.9. The molecule has 1 unspecified atom stereocenters. The lowest BCUT2D eigenvalue weighted by Crippen LogP contribution is -2.30. The van der Waals surface area contributed by atoms with Gasteiger partial charge in [0.15, 0.2) is 0 Å². The minimum Gasteiger partial charge on any atom is -0.497 e. The van der Waals surface area contributed by atoms with Crippen LogP contribution in [0.2, 0.25) is 0 Å². The summed E-state index contributed by atoms with van der Waals surface area (Å²) in [5, 5.41) is 9.13. The highest BCUT2D eigenvalue weighted by Gasteiger charge is 2.22. The summed E-state index contributed by atoms with van der Waals surface area (Å²) in [5.74, 6) is 0.376. The van der Waals surface area contributed by atoms with Crippen LogP contribution in [0.5, 0.6) is 11.5 Å². The van der Waals surface area contributed by atoms with Gasteiger partial charge < -0.3 is 14.4 Å². The van der Waals surface area contributed by atoms with Crippen LogP contribution in [0.4, 0.5) is 0 Å². The van der Waals surface area contributed by atoms with E-state index in [0.29, 0.717) is 17.9 Å². The molecule has 0 fully saturated rings. The molecule has 1 aromatic carbocycles. The van der Waals surface area contributed by atoms with Crippen LogP contribution in [-0.4, -0.2) is 39.1 Å². The lowest BCUT2D eigenvalue weighted by molar-refractivity contribution is -0.131. The molecule has 1 amide bonds. The third-order valence-corrected chi connectivity index (χ3v) is 2.81. The fraction of sp³-hybridized carbons (Fsp3) is 0.429. The molecule has 0 aliphatic carbocycles. The Morgan fingerprint density at radius 1 is 1.37 bits per heavy atom. The van der Waals surface area contributed by atoms with E-state index in [2.05, 4.69) is 0 Å². The van der Waals surface area contributed by atoms with Crippen molar-refractivity contribution in [1.82, 2.24) is 4.90 Å². The first-order chi connectivity index (χ1) is 9.03. The van der Waals surface area contributed by atoms with E-state index in [-0.39, 0.29) is 5.91 Å². The van der Waals surface area contributed by atoms with Gasteiger partial charge in [0.1, 0.15) is 17.4 Å². The summed E-state index contributed by atoms with van der Waals surface area (Å²) in [6.07, 6.45) is 0.299. The van der Waals surface area contributed by atoms with Gasteiger partial charge in [-0.15, -0.1) is 0 Å². The van der Waals surface area contributed by atoms with Gasteiger partial charge in [0.05, 0.1) is 20.3 Å². The van der Waals surface area contributed by atoms with E-state index in [4.69, 9.17) is 14.7 Å². The number of carbonyl (C=O) groups excluding carboxylic acids is 1. The predicted molar refractivity (Wildman–Crippen MR) is 71.0 cm³/mol. The molecule has 0 saturated carbocycles. The molecule has 0 N–H and O–H groups in total. The van der Waals surface area contributed by atoms with Gasteiger partial charge in [-0.05, 0) is 23.8 Å². The summed E-state index contributed by atoms with van der Waals surface area (Å²) in [5.41, 5.74) is 0.781. The normalized spacial score (nSPS) is 11.3. The van der Waals surface area contributed by atoms with Crippen molar-refractivity contribution in [3.05, 3.63) is 23.8 Å². The number of nitrogens with zero attached hydrogens (tertiary/aromatic N) is 2. The number of hydrogen-bond acceptors (Lipinski definition) is 4. The summed E-state index contributed by atoms with van der Waals surface area (Å²) >= 11 is 0. The van der Waals surface area contributed by atoms with Crippen LogP contribution < -0.4 is 9.47 Å². The molecule has 0 radical (unpaired) electrons. The minimum atomic E-state index is -0.726. The van der Waals surface area contributed by atoms with Crippen molar-refractivity contribution in [2.75, 3.05) is 28.3 Å². The Labute approximate surface area is 113 Å². The fourth-order valence-corrected chi connectivity index (χ4v) is 1.76. The summed E-state index contributed by atoms with van der Waals surface area (Å²) < 4.78 is 10.4. The van der Waals surface area contributed by atoms with Gasteiger partial charge in [-0.1, -0.05) is 0 Å². The van der Waals surface area contributed by atoms with Gasteiger partial charge in [-0.25, -0.2) is 0 Å². The molecule has 0 saturated heterocycles. The molecule has 0 spiro atoms. The molecule has 1 atom stereocenters. The van der Waals surface area contributed by atoms with Gasteiger partial charge in [0.2, 0.25) is 5.91 Å². The Morgan fingerprint density at radius 2 is 2.05 bits per heavy atom. The van der Waals surface area contributed by atoms with Crippen LogP contribution in [0.15, 0.2) is 18.2 Å². The highest BCUT2D eigenvalue weighted by atomic mass is 16.5. The number of amides is 1. The Balaban J connectivity index is 3.02. The smallest absolute Gasteiger partial charge is 0.239 e. The standard InChI is InChI=1S/C14H18N2O3/c1-16(2)14(17)11(9-15)7-10-8-12(18-3)5-6-13(10)19-4/h5-6,8,11H,7H2,1-4H3. The Kier molecular flexibility index (Phi) is 5.19. The Hall–Kier alpha value is -2.22. The van der Waals surface area contributed by atoms with E-state index in [1.165, 1.54) is 4.90 Å². The molecule has 1 aromatic rings. The molecular weight excluding hydrogens is 244 g/mol. The minimum absolute atomic E-state index is 0.215. The quantitative estimate of drug-likeness (QED) is 0.806. The lowest BCUT2D eigenvalue weighted by atomic mass is 9.98. The molecule has 0 heterocycles. The molecule has 102 valence electrons. The van der Waals surface area contributed by atoms with Crippen LogP contribution in [0.3, 0.4) is 0 Å². The second-order valence-electron chi connectivity index (χ2n) is 4.30. The summed E-state index contributed by atoms with van der Waals surface area (Å²) in [7, 11) is 6.39. The average Bonchev–Trinajstić information content (AvgIpc) is 2.43. The van der Waals surface area contributed by atoms with Gasteiger partial charge in [0.25, 0.3) is 0 Å². The molecule has 0 aliphatic heterocycles. The SMILES string of the molecule is COc1ccc(OC)c(CC(C#N)C(=O)N(C)C)c1. The van der Waals surface area contributed by atoms with Crippen LogP contribution in [0, 0.1) is 17.2 Å². The van der Waals surface area contributed by atoms with Crippen molar-refractivity contribution >= 4 is 5.91 Å². The number of benzene rings is 1. The van der Waals surface area contributed by atoms with Crippen molar-refractivity contribution in [2.24, 2.45) is 5.92 Å². The van der Waals surface area contributed by atoms with Crippen LogP contribution in [0.25, 0.3) is 0 Å². The molecule has 0 bridgehead atoms. The second-order valence-corrected chi connectivity index (χ2v) is 4.30. The summed E-state index contributed by atoms with van der Waals surface area (Å²) in [4.78, 5) is 13.3. The zero-order valence-corrected chi connectivity index (χ0v) is 11.6. The van der Waals surface area contributed by atoms with Crippen molar-refractivity contribution < 1.29 is 14.3 Å². The number of rotatable bonds is 5. The van der Waals surface area contributed by atoms with Gasteiger partial charge >= 0.3 is 0 Å².